The molecule has 1 aromatic carbocycles. The van der Waals surface area contributed by atoms with Crippen LogP contribution in [0.2, 0.25) is 5.02 Å². The Bertz CT molecular complexity index is 1720. The van der Waals surface area contributed by atoms with E-state index in [-0.39, 0.29) is 23.7 Å². The van der Waals surface area contributed by atoms with Gasteiger partial charge in [-0.25, -0.2) is 22.5 Å². The summed E-state index contributed by atoms with van der Waals surface area (Å²) >= 11 is 7.63. The van der Waals surface area contributed by atoms with Gasteiger partial charge in [-0.1, -0.05) is 28.9 Å². The number of benzene rings is 1. The molecule has 2 aliphatic rings. The number of oxime groups is 1. The van der Waals surface area contributed by atoms with E-state index in [2.05, 4.69) is 15.2 Å². The van der Waals surface area contributed by atoms with Crippen molar-refractivity contribution in [2.75, 3.05) is 12.8 Å². The molecule has 0 N–H and O–H groups in total. The van der Waals surface area contributed by atoms with E-state index in [1.165, 1.54) is 28.5 Å². The summed E-state index contributed by atoms with van der Waals surface area (Å²) in [7, 11) is -3.81. The van der Waals surface area contributed by atoms with Crippen LogP contribution in [0.4, 0.5) is 17.6 Å². The summed E-state index contributed by atoms with van der Waals surface area (Å²) in [6.45, 7) is -0.543. The molecule has 5 rings (SSSR count). The van der Waals surface area contributed by atoms with Gasteiger partial charge in [-0.2, -0.15) is 13.5 Å². The second-order valence-electron chi connectivity index (χ2n) is 9.09. The molecule has 0 bridgehead atoms. The highest BCUT2D eigenvalue weighted by molar-refractivity contribution is 7.86. The summed E-state index contributed by atoms with van der Waals surface area (Å²) < 4.78 is 81.4. The van der Waals surface area contributed by atoms with Crippen LogP contribution in [0.15, 0.2) is 53.2 Å². The molecule has 3 aromatic rings. The molecule has 1 amide bonds. The summed E-state index contributed by atoms with van der Waals surface area (Å²) in [6, 6.07) is 5.19. The van der Waals surface area contributed by atoms with Crippen molar-refractivity contribution >= 4 is 50.2 Å². The van der Waals surface area contributed by atoms with Gasteiger partial charge in [-0.05, 0) is 24.3 Å². The van der Waals surface area contributed by atoms with Crippen LogP contribution in [0.25, 0.3) is 5.57 Å². The molecule has 0 aliphatic carbocycles. The lowest BCUT2D eigenvalue weighted by atomic mass is 10.0. The van der Waals surface area contributed by atoms with Crippen LogP contribution in [-0.4, -0.2) is 52.5 Å². The first kappa shape index (κ1) is 29.7. The Morgan fingerprint density at radius 2 is 2.05 bits per heavy atom. The summed E-state index contributed by atoms with van der Waals surface area (Å²) in [5, 5.41) is 10.2. The number of alkyl halides is 4. The maximum Gasteiger partial charge on any atom is 0.306 e. The van der Waals surface area contributed by atoms with Crippen LogP contribution in [0.1, 0.15) is 53.0 Å². The van der Waals surface area contributed by atoms with Crippen molar-refractivity contribution < 1.29 is 39.8 Å². The molecule has 222 valence electrons. The second-order valence-corrected chi connectivity index (χ2v) is 11.9. The van der Waals surface area contributed by atoms with E-state index >= 15 is 0 Å². The minimum Gasteiger partial charge on any atom is -0.387 e. The smallest absolute Gasteiger partial charge is 0.306 e. The third-order valence-electron chi connectivity index (χ3n) is 6.12. The molecule has 0 spiro atoms. The molecule has 2 aliphatic heterocycles. The fourth-order valence-corrected chi connectivity index (χ4v) is 5.82. The van der Waals surface area contributed by atoms with Gasteiger partial charge in [0.05, 0.1) is 22.5 Å². The van der Waals surface area contributed by atoms with Gasteiger partial charge in [0.1, 0.15) is 28.7 Å². The normalized spacial score (nSPS) is 17.0. The number of allylic oxidation sites excluding steroid dienone is 2. The number of carbonyl (C=O) groups excluding carboxylic acids is 1. The predicted molar refractivity (Wildman–Crippen MR) is 145 cm³/mol. The molecule has 0 saturated heterocycles. The zero-order chi connectivity index (χ0) is 30.2. The Kier molecular flexibility index (Phi) is 8.39. The van der Waals surface area contributed by atoms with Crippen LogP contribution in [-0.2, 0) is 26.3 Å². The first-order valence-electron chi connectivity index (χ1n) is 12.1. The van der Waals surface area contributed by atoms with Gasteiger partial charge in [-0.15, -0.1) is 11.3 Å². The van der Waals surface area contributed by atoms with Crippen molar-refractivity contribution in [1.82, 2.24) is 19.7 Å². The molecule has 2 aromatic heterocycles. The van der Waals surface area contributed by atoms with Crippen molar-refractivity contribution in [3.63, 3.8) is 0 Å². The van der Waals surface area contributed by atoms with Crippen molar-refractivity contribution in [3.05, 3.63) is 80.7 Å². The molecule has 0 fully saturated rings. The highest BCUT2D eigenvalue weighted by atomic mass is 35.5. The number of thiazole rings is 1. The number of carbonyl (C=O) groups is 1. The van der Waals surface area contributed by atoms with Gasteiger partial charge in [0.25, 0.3) is 12.9 Å². The third-order valence-corrected chi connectivity index (χ3v) is 7.82. The van der Waals surface area contributed by atoms with Gasteiger partial charge in [-0.3, -0.25) is 9.48 Å². The highest BCUT2D eigenvalue weighted by Crippen LogP contribution is 2.40. The average molecular weight is 646 g/mol. The van der Waals surface area contributed by atoms with Crippen molar-refractivity contribution in [3.8, 4) is 5.75 Å². The van der Waals surface area contributed by atoms with E-state index in [0.717, 1.165) is 6.26 Å². The van der Waals surface area contributed by atoms with Crippen LogP contribution in [0.5, 0.6) is 5.75 Å². The Labute approximate surface area is 245 Å². The number of hydrogen-bond donors (Lipinski definition) is 0. The maximum absolute atomic E-state index is 13.2. The molecule has 42 heavy (non-hydrogen) atoms. The Morgan fingerprint density at radius 1 is 1.26 bits per heavy atom. The summed E-state index contributed by atoms with van der Waals surface area (Å²) in [5.41, 5.74) is 0.461. The molecular weight excluding hydrogens is 626 g/mol. The minimum absolute atomic E-state index is 0.0365. The molecule has 0 saturated carbocycles. The van der Waals surface area contributed by atoms with E-state index in [0.29, 0.717) is 38.3 Å². The largest absolute Gasteiger partial charge is 0.387 e. The van der Waals surface area contributed by atoms with Crippen LogP contribution < -0.4 is 4.18 Å². The summed E-state index contributed by atoms with van der Waals surface area (Å²) in [5.74, 6) is -0.580. The van der Waals surface area contributed by atoms with E-state index in [9.17, 15) is 30.8 Å². The topological polar surface area (TPSA) is 116 Å². The molecule has 10 nitrogen and oxygen atoms in total. The van der Waals surface area contributed by atoms with Crippen LogP contribution in [0.3, 0.4) is 0 Å². The Morgan fingerprint density at radius 3 is 2.71 bits per heavy atom. The minimum atomic E-state index is -3.81. The first-order valence-corrected chi connectivity index (χ1v) is 15.2. The molecule has 1 atom stereocenters. The standard InChI is InChI=1S/C25H20ClF4N5O5S2/c1-42(37,38)40-19-4-2-3-14(26)22(19)20-10-15(33-39-20)17-12-41-25(31-17)13-5-7-34(8-6-13)21(36)11-35-18(24(29)30)9-16(32-35)23(27)28/h2-7,9,12,20,23-24H,8,10-11H2,1H3/t20-/m1/s1. The van der Waals surface area contributed by atoms with Crippen molar-refractivity contribution in [2.24, 2.45) is 5.16 Å². The Balaban J connectivity index is 1.24. The lowest BCUT2D eigenvalue weighted by Gasteiger charge is -2.20. The third kappa shape index (κ3) is 6.50. The molecular formula is C25H20ClF4N5O5S2. The van der Waals surface area contributed by atoms with E-state index in [1.54, 1.807) is 29.7 Å². The van der Waals surface area contributed by atoms with Crippen molar-refractivity contribution in [1.29, 1.82) is 0 Å². The fourth-order valence-electron chi connectivity index (χ4n) is 4.21. The van der Waals surface area contributed by atoms with Crippen molar-refractivity contribution in [2.45, 2.75) is 31.9 Å². The monoisotopic (exact) mass is 645 g/mol. The predicted octanol–water partition coefficient (Wildman–Crippen LogP) is 5.51. The summed E-state index contributed by atoms with van der Waals surface area (Å²) in [4.78, 5) is 24.1. The number of rotatable bonds is 9. The van der Waals surface area contributed by atoms with Gasteiger partial charge >= 0.3 is 10.1 Å². The van der Waals surface area contributed by atoms with E-state index in [1.807, 2.05) is 0 Å². The zero-order valence-electron chi connectivity index (χ0n) is 21.5. The molecule has 0 radical (unpaired) electrons. The highest BCUT2D eigenvalue weighted by Gasteiger charge is 2.31. The number of aromatic nitrogens is 3. The quantitative estimate of drug-likeness (QED) is 0.223. The number of amides is 1. The van der Waals surface area contributed by atoms with Gasteiger partial charge in [0.15, 0.2) is 11.9 Å². The van der Waals surface area contributed by atoms with E-state index in [4.69, 9.17) is 20.6 Å². The SMILES string of the molecule is CS(=O)(=O)Oc1cccc(Cl)c1[C@H]1CC(c2csc(C3=CCN(C(=O)Cn4nc(C(F)F)cc4C(F)F)C=C3)n2)=NO1. The number of halogens is 5. The number of hydrogen-bond acceptors (Lipinski definition) is 9. The number of nitrogens with zero attached hydrogens (tertiary/aromatic N) is 5. The second kappa shape index (κ2) is 11.9. The fraction of sp³-hybridized carbons (Fsp3) is 0.280. The Hall–Kier alpha value is -3.76. The lowest BCUT2D eigenvalue weighted by molar-refractivity contribution is -0.129. The summed E-state index contributed by atoms with van der Waals surface area (Å²) in [6.07, 6.45) is -0.895. The first-order chi connectivity index (χ1) is 19.9. The molecule has 0 unspecified atom stereocenters. The van der Waals surface area contributed by atoms with Crippen LogP contribution in [0, 0.1) is 0 Å². The lowest BCUT2D eigenvalue weighted by Crippen LogP contribution is -2.31. The van der Waals surface area contributed by atoms with Gasteiger partial charge in [0.2, 0.25) is 5.91 Å². The van der Waals surface area contributed by atoms with Gasteiger partial charge < -0.3 is 13.9 Å². The van der Waals surface area contributed by atoms with Gasteiger partial charge in [0, 0.05) is 30.1 Å². The zero-order valence-corrected chi connectivity index (χ0v) is 23.8. The average Bonchev–Trinajstić information content (AvgIpc) is 3.68. The molecule has 4 heterocycles. The molecule has 17 heteroatoms. The van der Waals surface area contributed by atoms with Crippen LogP contribution >= 0.6 is 22.9 Å². The maximum atomic E-state index is 13.2. The van der Waals surface area contributed by atoms with E-state index < -0.39 is 52.9 Å².